The summed E-state index contributed by atoms with van der Waals surface area (Å²) in [7, 11) is 0. The molecule has 0 radical (unpaired) electrons. The summed E-state index contributed by atoms with van der Waals surface area (Å²) in [4.78, 5) is 12.2. The Labute approximate surface area is 130 Å². The molecule has 1 amide bonds. The Kier molecular flexibility index (Phi) is 4.45. The lowest BCUT2D eigenvalue weighted by atomic mass is 10.1. The van der Waals surface area contributed by atoms with Gasteiger partial charge in [0.25, 0.3) is 5.91 Å². The smallest absolute Gasteiger partial charge is 0.257 e. The fraction of sp³-hybridized carbons (Fsp3) is 0.133. The van der Waals surface area contributed by atoms with Gasteiger partial charge in [0.05, 0.1) is 15.1 Å². The molecule has 0 unspecified atom stereocenters. The summed E-state index contributed by atoms with van der Waals surface area (Å²) in [6, 6.07) is 8.06. The highest BCUT2D eigenvalue weighted by Gasteiger charge is 2.13. The molecule has 0 aromatic heterocycles. The highest BCUT2D eigenvalue weighted by atomic mass is 79.9. The van der Waals surface area contributed by atoms with Crippen LogP contribution in [0.15, 0.2) is 34.8 Å². The Morgan fingerprint density at radius 3 is 2.60 bits per heavy atom. The number of carbonyl (C=O) groups is 1. The average Bonchev–Trinajstić information content (AvgIpc) is 2.35. The normalized spacial score (nSPS) is 10.4. The summed E-state index contributed by atoms with van der Waals surface area (Å²) >= 11 is 9.15. The number of aryl methyl sites for hydroxylation is 2. The van der Waals surface area contributed by atoms with E-state index in [2.05, 4.69) is 21.2 Å². The van der Waals surface area contributed by atoms with Gasteiger partial charge in [0.15, 0.2) is 0 Å². The first-order valence-corrected chi connectivity index (χ1v) is 7.08. The van der Waals surface area contributed by atoms with E-state index in [0.29, 0.717) is 20.7 Å². The van der Waals surface area contributed by atoms with Crippen LogP contribution in [0.1, 0.15) is 21.5 Å². The van der Waals surface area contributed by atoms with E-state index in [4.69, 9.17) is 11.6 Å². The minimum atomic E-state index is -0.430. The number of nitrogens with one attached hydrogen (secondary N) is 1. The Morgan fingerprint density at radius 2 is 1.95 bits per heavy atom. The van der Waals surface area contributed by atoms with Crippen LogP contribution in [0.2, 0.25) is 5.02 Å². The largest absolute Gasteiger partial charge is 0.322 e. The summed E-state index contributed by atoms with van der Waals surface area (Å²) in [5.74, 6) is -0.791. The fourth-order valence-electron chi connectivity index (χ4n) is 1.77. The maximum atomic E-state index is 13.5. The molecule has 0 aliphatic heterocycles. The van der Waals surface area contributed by atoms with E-state index in [1.165, 1.54) is 6.07 Å². The SMILES string of the molecule is Cc1ccc(C(=O)Nc2cc(F)c(Br)cc2C)c(Cl)c1. The quantitative estimate of drug-likeness (QED) is 0.796. The molecule has 0 fully saturated rings. The average molecular weight is 357 g/mol. The minimum Gasteiger partial charge on any atom is -0.322 e. The third-order valence-corrected chi connectivity index (χ3v) is 3.81. The first-order valence-electron chi connectivity index (χ1n) is 5.91. The van der Waals surface area contributed by atoms with E-state index in [-0.39, 0.29) is 5.91 Å². The molecule has 0 aliphatic rings. The van der Waals surface area contributed by atoms with Crippen molar-refractivity contribution in [2.75, 3.05) is 5.32 Å². The third kappa shape index (κ3) is 3.19. The van der Waals surface area contributed by atoms with Gasteiger partial charge in [-0.3, -0.25) is 4.79 Å². The van der Waals surface area contributed by atoms with Gasteiger partial charge < -0.3 is 5.32 Å². The van der Waals surface area contributed by atoms with Crippen molar-refractivity contribution >= 4 is 39.1 Å². The van der Waals surface area contributed by atoms with Crippen LogP contribution in [0.3, 0.4) is 0 Å². The molecule has 0 heterocycles. The molecule has 5 heteroatoms. The van der Waals surface area contributed by atoms with Crippen molar-refractivity contribution in [2.24, 2.45) is 0 Å². The Bertz CT molecular complexity index is 688. The maximum absolute atomic E-state index is 13.5. The number of anilines is 1. The van der Waals surface area contributed by atoms with Crippen molar-refractivity contribution in [2.45, 2.75) is 13.8 Å². The number of carbonyl (C=O) groups excluding carboxylic acids is 1. The first-order chi connectivity index (χ1) is 9.38. The zero-order valence-electron chi connectivity index (χ0n) is 10.9. The molecule has 2 aromatic rings. The second-order valence-corrected chi connectivity index (χ2v) is 5.78. The van der Waals surface area contributed by atoms with Crippen LogP contribution in [0.5, 0.6) is 0 Å². The molecule has 1 N–H and O–H groups in total. The molecule has 0 saturated carbocycles. The van der Waals surface area contributed by atoms with Gasteiger partial charge >= 0.3 is 0 Å². The monoisotopic (exact) mass is 355 g/mol. The number of rotatable bonds is 2. The highest BCUT2D eigenvalue weighted by molar-refractivity contribution is 9.10. The van der Waals surface area contributed by atoms with Crippen LogP contribution in [0.4, 0.5) is 10.1 Å². The predicted molar refractivity (Wildman–Crippen MR) is 83.0 cm³/mol. The van der Waals surface area contributed by atoms with Crippen molar-refractivity contribution in [1.29, 1.82) is 0 Å². The third-order valence-electron chi connectivity index (χ3n) is 2.88. The standard InChI is InChI=1S/C15H12BrClFNO/c1-8-3-4-10(12(17)5-8)15(20)19-14-7-13(18)11(16)6-9(14)2/h3-7H,1-2H3,(H,19,20). The second-order valence-electron chi connectivity index (χ2n) is 4.52. The second kappa shape index (κ2) is 5.94. The van der Waals surface area contributed by atoms with Crippen LogP contribution in [-0.2, 0) is 0 Å². The molecule has 0 atom stereocenters. The van der Waals surface area contributed by atoms with Gasteiger partial charge in [-0.05, 0) is 65.2 Å². The lowest BCUT2D eigenvalue weighted by molar-refractivity contribution is 0.102. The molecular weight excluding hydrogens is 345 g/mol. The molecule has 2 nitrogen and oxygen atoms in total. The summed E-state index contributed by atoms with van der Waals surface area (Å²) in [5, 5.41) is 3.04. The Hall–Kier alpha value is -1.39. The molecule has 20 heavy (non-hydrogen) atoms. The van der Waals surface area contributed by atoms with E-state index >= 15 is 0 Å². The maximum Gasteiger partial charge on any atom is 0.257 e. The van der Waals surface area contributed by atoms with Crippen LogP contribution in [-0.4, -0.2) is 5.91 Å². The molecule has 0 aliphatic carbocycles. The fourth-order valence-corrected chi connectivity index (χ4v) is 2.55. The van der Waals surface area contributed by atoms with Gasteiger partial charge in [0.1, 0.15) is 5.82 Å². The zero-order chi connectivity index (χ0) is 14.9. The Morgan fingerprint density at radius 1 is 1.25 bits per heavy atom. The number of amides is 1. The molecule has 0 bridgehead atoms. The van der Waals surface area contributed by atoms with Gasteiger partial charge in [0, 0.05) is 5.69 Å². The Balaban J connectivity index is 2.30. The summed E-state index contributed by atoms with van der Waals surface area (Å²) in [5.41, 5.74) is 2.51. The number of hydrogen-bond acceptors (Lipinski definition) is 1. The van der Waals surface area contributed by atoms with Gasteiger partial charge in [0.2, 0.25) is 0 Å². The molecule has 2 rings (SSSR count). The van der Waals surface area contributed by atoms with Crippen molar-refractivity contribution in [3.63, 3.8) is 0 Å². The molecule has 2 aromatic carbocycles. The van der Waals surface area contributed by atoms with E-state index < -0.39 is 5.82 Å². The van der Waals surface area contributed by atoms with Gasteiger partial charge in [-0.2, -0.15) is 0 Å². The number of benzene rings is 2. The number of hydrogen-bond donors (Lipinski definition) is 1. The van der Waals surface area contributed by atoms with Gasteiger partial charge in [-0.25, -0.2) is 4.39 Å². The molecular formula is C15H12BrClFNO. The van der Waals surface area contributed by atoms with E-state index in [0.717, 1.165) is 11.1 Å². The topological polar surface area (TPSA) is 29.1 Å². The summed E-state index contributed by atoms with van der Waals surface area (Å²) < 4.78 is 13.9. The van der Waals surface area contributed by atoms with E-state index in [1.807, 2.05) is 6.92 Å². The van der Waals surface area contributed by atoms with E-state index in [9.17, 15) is 9.18 Å². The van der Waals surface area contributed by atoms with Gasteiger partial charge in [-0.15, -0.1) is 0 Å². The molecule has 0 saturated heterocycles. The van der Waals surface area contributed by atoms with Crippen LogP contribution >= 0.6 is 27.5 Å². The minimum absolute atomic E-state index is 0.361. The lowest BCUT2D eigenvalue weighted by Gasteiger charge is -2.10. The lowest BCUT2D eigenvalue weighted by Crippen LogP contribution is -2.13. The van der Waals surface area contributed by atoms with E-state index in [1.54, 1.807) is 31.2 Å². The highest BCUT2D eigenvalue weighted by Crippen LogP contribution is 2.25. The molecule has 104 valence electrons. The van der Waals surface area contributed by atoms with Crippen LogP contribution < -0.4 is 5.32 Å². The summed E-state index contributed by atoms with van der Waals surface area (Å²) in [6.07, 6.45) is 0. The van der Waals surface area contributed by atoms with Crippen molar-refractivity contribution in [3.05, 3.63) is 62.3 Å². The van der Waals surface area contributed by atoms with Crippen molar-refractivity contribution in [1.82, 2.24) is 0 Å². The number of halogens is 3. The van der Waals surface area contributed by atoms with Crippen LogP contribution in [0, 0.1) is 19.7 Å². The predicted octanol–water partition coefficient (Wildman–Crippen LogP) is 5.11. The first kappa shape index (κ1) is 15.0. The molecule has 0 spiro atoms. The zero-order valence-corrected chi connectivity index (χ0v) is 13.3. The summed E-state index contributed by atoms with van der Waals surface area (Å²) in [6.45, 7) is 3.68. The van der Waals surface area contributed by atoms with Crippen LogP contribution in [0.25, 0.3) is 0 Å². The van der Waals surface area contributed by atoms with Crippen molar-refractivity contribution < 1.29 is 9.18 Å². The van der Waals surface area contributed by atoms with Crippen molar-refractivity contribution in [3.8, 4) is 0 Å². The van der Waals surface area contributed by atoms with Gasteiger partial charge in [-0.1, -0.05) is 17.7 Å².